The van der Waals surface area contributed by atoms with Crippen molar-refractivity contribution in [1.29, 1.82) is 0 Å². The third kappa shape index (κ3) is 4.38. The molecule has 0 bridgehead atoms. The van der Waals surface area contributed by atoms with Crippen LogP contribution < -0.4 is 0 Å². The van der Waals surface area contributed by atoms with Gasteiger partial charge < -0.3 is 9.80 Å². The lowest BCUT2D eigenvalue weighted by Crippen LogP contribution is -2.54. The van der Waals surface area contributed by atoms with Crippen LogP contribution in [0, 0.1) is 0 Å². The molecule has 7 heteroatoms. The van der Waals surface area contributed by atoms with E-state index < -0.39 is 24.7 Å². The number of likely N-dealkylation sites (tertiary alicyclic amines) is 1. The van der Waals surface area contributed by atoms with Gasteiger partial charge in [-0.05, 0) is 26.2 Å². The number of hydrogen-bond acceptors (Lipinski definition) is 2. The van der Waals surface area contributed by atoms with Crippen LogP contribution in [0.25, 0.3) is 0 Å². The summed E-state index contributed by atoms with van der Waals surface area (Å²) in [4.78, 5) is 26.3. The van der Waals surface area contributed by atoms with Gasteiger partial charge in [-0.3, -0.25) is 9.59 Å². The van der Waals surface area contributed by atoms with E-state index in [2.05, 4.69) is 0 Å². The number of nitrogens with zero attached hydrogens (tertiary/aromatic N) is 2. The number of piperidine rings is 1. The smallest absolute Gasteiger partial charge is 0.332 e. The van der Waals surface area contributed by atoms with Gasteiger partial charge in [0.2, 0.25) is 11.8 Å². The average Bonchev–Trinajstić information content (AvgIpc) is 2.42. The van der Waals surface area contributed by atoms with Gasteiger partial charge >= 0.3 is 6.18 Å². The summed E-state index contributed by atoms with van der Waals surface area (Å²) in [5.41, 5.74) is 0. The first-order valence-electron chi connectivity index (χ1n) is 6.95. The summed E-state index contributed by atoms with van der Waals surface area (Å²) in [6.45, 7) is 2.38. The monoisotopic (exact) mass is 294 g/mol. The molecule has 1 saturated heterocycles. The highest BCUT2D eigenvalue weighted by Gasteiger charge is 2.38. The minimum atomic E-state index is -4.42. The lowest BCUT2D eigenvalue weighted by Gasteiger charge is -2.37. The van der Waals surface area contributed by atoms with Crippen molar-refractivity contribution in [3.8, 4) is 0 Å². The van der Waals surface area contributed by atoms with E-state index >= 15 is 0 Å². The van der Waals surface area contributed by atoms with Crippen molar-refractivity contribution in [2.45, 2.75) is 51.7 Å². The second-order valence-electron chi connectivity index (χ2n) is 4.92. The summed E-state index contributed by atoms with van der Waals surface area (Å²) in [7, 11) is 0. The van der Waals surface area contributed by atoms with Gasteiger partial charge in [-0.25, -0.2) is 0 Å². The Morgan fingerprint density at radius 2 is 1.90 bits per heavy atom. The molecule has 1 atom stereocenters. The molecular formula is C13H21F3N2O2. The van der Waals surface area contributed by atoms with E-state index in [1.165, 1.54) is 11.8 Å². The fraction of sp³-hybridized carbons (Fsp3) is 0.846. The van der Waals surface area contributed by atoms with Gasteiger partial charge in [-0.2, -0.15) is 13.2 Å². The van der Waals surface area contributed by atoms with Gasteiger partial charge in [0.05, 0.1) is 0 Å². The Morgan fingerprint density at radius 1 is 1.25 bits per heavy atom. The Balaban J connectivity index is 2.82. The number of amides is 2. The van der Waals surface area contributed by atoms with E-state index in [4.69, 9.17) is 0 Å². The highest BCUT2D eigenvalue weighted by Crippen LogP contribution is 2.22. The van der Waals surface area contributed by atoms with Gasteiger partial charge in [0.1, 0.15) is 12.6 Å². The Labute approximate surface area is 116 Å². The average molecular weight is 294 g/mol. The first-order chi connectivity index (χ1) is 9.30. The van der Waals surface area contributed by atoms with Crippen LogP contribution in [0.1, 0.15) is 39.5 Å². The summed E-state index contributed by atoms with van der Waals surface area (Å²) in [5, 5.41) is 0. The highest BCUT2D eigenvalue weighted by molar-refractivity contribution is 5.87. The normalized spacial score (nSPS) is 19.9. The number of halogens is 3. The predicted molar refractivity (Wildman–Crippen MR) is 68.0 cm³/mol. The molecular weight excluding hydrogens is 273 g/mol. The summed E-state index contributed by atoms with van der Waals surface area (Å²) in [6, 6.07) is -0.738. The Hall–Kier alpha value is -1.27. The SMILES string of the molecule is CCC(=O)N1CCCC[C@@H]1C(=O)N(CC)CC(F)(F)F. The topological polar surface area (TPSA) is 40.6 Å². The fourth-order valence-corrected chi connectivity index (χ4v) is 2.46. The molecule has 1 fully saturated rings. The van der Waals surface area contributed by atoms with Crippen molar-refractivity contribution in [2.75, 3.05) is 19.6 Å². The van der Waals surface area contributed by atoms with E-state index in [-0.39, 0.29) is 18.9 Å². The maximum atomic E-state index is 12.5. The molecule has 0 radical (unpaired) electrons. The minimum Gasteiger partial charge on any atom is -0.332 e. The van der Waals surface area contributed by atoms with Crippen molar-refractivity contribution in [3.63, 3.8) is 0 Å². The Kier molecular flexibility index (Phi) is 5.83. The molecule has 2 amide bonds. The Morgan fingerprint density at radius 3 is 2.40 bits per heavy atom. The van der Waals surface area contributed by atoms with Crippen molar-refractivity contribution in [1.82, 2.24) is 9.80 Å². The van der Waals surface area contributed by atoms with Crippen LogP contribution in [0.4, 0.5) is 13.2 Å². The molecule has 116 valence electrons. The van der Waals surface area contributed by atoms with Crippen LogP contribution in [-0.4, -0.2) is 53.5 Å². The fourth-order valence-electron chi connectivity index (χ4n) is 2.46. The third-order valence-corrected chi connectivity index (χ3v) is 3.47. The summed E-state index contributed by atoms with van der Waals surface area (Å²) >= 11 is 0. The van der Waals surface area contributed by atoms with E-state index in [0.29, 0.717) is 13.0 Å². The second-order valence-corrected chi connectivity index (χ2v) is 4.92. The van der Waals surface area contributed by atoms with Crippen LogP contribution in [0.3, 0.4) is 0 Å². The minimum absolute atomic E-state index is 0.0109. The molecule has 20 heavy (non-hydrogen) atoms. The molecule has 0 aromatic heterocycles. The van der Waals surface area contributed by atoms with Gasteiger partial charge in [0, 0.05) is 19.5 Å². The largest absolute Gasteiger partial charge is 0.406 e. The molecule has 0 N–H and O–H groups in total. The lowest BCUT2D eigenvalue weighted by atomic mass is 10.00. The van der Waals surface area contributed by atoms with E-state index in [0.717, 1.165) is 17.7 Å². The molecule has 1 aliphatic rings. The zero-order valence-corrected chi connectivity index (χ0v) is 11.9. The molecule has 1 heterocycles. The van der Waals surface area contributed by atoms with E-state index in [1.807, 2.05) is 0 Å². The molecule has 1 aliphatic heterocycles. The van der Waals surface area contributed by atoms with Crippen LogP contribution in [0.15, 0.2) is 0 Å². The van der Waals surface area contributed by atoms with Crippen LogP contribution in [-0.2, 0) is 9.59 Å². The highest BCUT2D eigenvalue weighted by atomic mass is 19.4. The van der Waals surface area contributed by atoms with Crippen LogP contribution in [0.2, 0.25) is 0 Å². The number of likely N-dealkylation sites (N-methyl/N-ethyl adjacent to an activating group) is 1. The van der Waals surface area contributed by atoms with Crippen LogP contribution in [0.5, 0.6) is 0 Å². The standard InChI is InChI=1S/C13H21F3N2O2/c1-3-11(19)18-8-6-5-7-10(18)12(20)17(4-2)9-13(14,15)16/h10H,3-9H2,1-2H3/t10-/m1/s1. The lowest BCUT2D eigenvalue weighted by molar-refractivity contribution is -0.166. The van der Waals surface area contributed by atoms with Crippen molar-refractivity contribution in [2.24, 2.45) is 0 Å². The van der Waals surface area contributed by atoms with Gasteiger partial charge in [-0.15, -0.1) is 0 Å². The summed E-state index contributed by atoms with van der Waals surface area (Å²) in [5.74, 6) is -0.766. The molecule has 0 spiro atoms. The van der Waals surface area contributed by atoms with Gasteiger partial charge in [0.25, 0.3) is 0 Å². The number of rotatable bonds is 4. The van der Waals surface area contributed by atoms with Gasteiger partial charge in [-0.1, -0.05) is 6.92 Å². The molecule has 1 rings (SSSR count). The van der Waals surface area contributed by atoms with E-state index in [9.17, 15) is 22.8 Å². The molecule has 0 aliphatic carbocycles. The van der Waals surface area contributed by atoms with Crippen molar-refractivity contribution >= 4 is 11.8 Å². The summed E-state index contributed by atoms with van der Waals surface area (Å²) < 4.78 is 37.4. The first-order valence-corrected chi connectivity index (χ1v) is 6.95. The Bertz CT molecular complexity index is 358. The van der Waals surface area contributed by atoms with Crippen molar-refractivity contribution < 1.29 is 22.8 Å². The number of carbonyl (C=O) groups excluding carboxylic acids is 2. The van der Waals surface area contributed by atoms with E-state index in [1.54, 1.807) is 6.92 Å². The predicted octanol–water partition coefficient (Wildman–Crippen LogP) is 2.19. The number of alkyl halides is 3. The molecule has 0 saturated carbocycles. The summed E-state index contributed by atoms with van der Waals surface area (Å²) in [6.07, 6.45) is -2.16. The van der Waals surface area contributed by atoms with Crippen LogP contribution >= 0.6 is 0 Å². The molecule has 4 nitrogen and oxygen atoms in total. The van der Waals surface area contributed by atoms with Crippen molar-refractivity contribution in [3.05, 3.63) is 0 Å². The zero-order valence-electron chi connectivity index (χ0n) is 11.9. The molecule has 0 unspecified atom stereocenters. The quantitative estimate of drug-likeness (QED) is 0.797. The maximum Gasteiger partial charge on any atom is 0.406 e. The molecule has 0 aromatic rings. The first kappa shape index (κ1) is 16.8. The number of carbonyl (C=O) groups is 2. The molecule has 0 aromatic carbocycles. The maximum absolute atomic E-state index is 12.5. The van der Waals surface area contributed by atoms with Gasteiger partial charge in [0.15, 0.2) is 0 Å². The second kappa shape index (κ2) is 6.95. The zero-order chi connectivity index (χ0) is 15.3. The third-order valence-electron chi connectivity index (χ3n) is 3.47. The number of hydrogen-bond donors (Lipinski definition) is 0.